The zero-order chi connectivity index (χ0) is 10.1. The molecule has 0 aliphatic carbocycles. The Morgan fingerprint density at radius 3 is 2.29 bits per heavy atom. The number of nitrogens with one attached hydrogen (secondary N) is 1. The Balaban J connectivity index is 0.000000146. The molecule has 0 radical (unpaired) electrons. The van der Waals surface area contributed by atoms with Crippen molar-refractivity contribution in [3.63, 3.8) is 0 Å². The van der Waals surface area contributed by atoms with Crippen molar-refractivity contribution < 1.29 is 0 Å². The molecular formula is C12H16N2. The van der Waals surface area contributed by atoms with Gasteiger partial charge in [0.05, 0.1) is 0 Å². The van der Waals surface area contributed by atoms with Crippen LogP contribution in [0.4, 0.5) is 0 Å². The van der Waals surface area contributed by atoms with Gasteiger partial charge in [-0.15, -0.1) is 0 Å². The minimum atomic E-state index is 1.17. The first-order valence-corrected chi connectivity index (χ1v) is 4.90. The van der Waals surface area contributed by atoms with Crippen LogP contribution in [0.2, 0.25) is 0 Å². The lowest BCUT2D eigenvalue weighted by atomic mass is 10.3. The zero-order valence-electron chi connectivity index (χ0n) is 8.48. The first kappa shape index (κ1) is 10.5. The van der Waals surface area contributed by atoms with Crippen molar-refractivity contribution in [3.8, 4) is 0 Å². The van der Waals surface area contributed by atoms with Gasteiger partial charge in [-0.1, -0.05) is 19.4 Å². The molecule has 0 amide bonds. The largest absolute Gasteiger partial charge is 0.365 e. The lowest BCUT2D eigenvalue weighted by molar-refractivity contribution is 0.892. The highest BCUT2D eigenvalue weighted by Crippen LogP contribution is 1.96. The summed E-state index contributed by atoms with van der Waals surface area (Å²) in [6, 6.07) is 9.86. The van der Waals surface area contributed by atoms with Crippen molar-refractivity contribution in [2.75, 3.05) is 0 Å². The van der Waals surface area contributed by atoms with E-state index in [0.717, 1.165) is 0 Å². The molecule has 0 saturated carbocycles. The number of nitrogens with zero attached hydrogens (tertiary/aromatic N) is 1. The fourth-order valence-corrected chi connectivity index (χ4v) is 1.10. The van der Waals surface area contributed by atoms with Crippen LogP contribution in [0.5, 0.6) is 0 Å². The topological polar surface area (TPSA) is 28.7 Å². The quantitative estimate of drug-likeness (QED) is 0.771. The van der Waals surface area contributed by atoms with Crippen LogP contribution in [0.15, 0.2) is 48.9 Å². The Hall–Kier alpha value is -1.57. The number of aromatic amines is 1. The molecule has 0 aromatic carbocycles. The van der Waals surface area contributed by atoms with Crippen molar-refractivity contribution >= 4 is 0 Å². The Morgan fingerprint density at radius 2 is 1.93 bits per heavy atom. The van der Waals surface area contributed by atoms with E-state index in [4.69, 9.17) is 0 Å². The van der Waals surface area contributed by atoms with Crippen LogP contribution in [0.25, 0.3) is 0 Å². The number of H-pyrrole nitrogens is 1. The van der Waals surface area contributed by atoms with Crippen LogP contribution in [-0.4, -0.2) is 9.97 Å². The summed E-state index contributed by atoms with van der Waals surface area (Å²) >= 11 is 0. The molecule has 0 unspecified atom stereocenters. The van der Waals surface area contributed by atoms with Gasteiger partial charge >= 0.3 is 0 Å². The number of aromatic nitrogens is 2. The number of pyridine rings is 1. The first-order chi connectivity index (χ1) is 6.93. The van der Waals surface area contributed by atoms with Gasteiger partial charge < -0.3 is 4.98 Å². The summed E-state index contributed by atoms with van der Waals surface area (Å²) in [6.45, 7) is 2.18. The lowest BCUT2D eigenvalue weighted by Gasteiger charge is -1.87. The lowest BCUT2D eigenvalue weighted by Crippen LogP contribution is -1.78. The standard InChI is InChI=1S/C7H11N.C5H5N/c1-2-4-7-5-3-6-8-7;1-2-4-6-5-3-1/h3,5-6,8H,2,4H2,1H3;1-5H. The molecule has 74 valence electrons. The zero-order valence-corrected chi connectivity index (χ0v) is 8.48. The summed E-state index contributed by atoms with van der Waals surface area (Å²) in [5, 5.41) is 0. The molecule has 2 rings (SSSR count). The number of hydrogen-bond donors (Lipinski definition) is 1. The van der Waals surface area contributed by atoms with E-state index in [1.807, 2.05) is 30.5 Å². The summed E-state index contributed by atoms with van der Waals surface area (Å²) < 4.78 is 0. The number of rotatable bonds is 2. The molecule has 0 fully saturated rings. The second-order valence-corrected chi connectivity index (χ2v) is 2.97. The Labute approximate surface area is 85.0 Å². The van der Waals surface area contributed by atoms with E-state index in [9.17, 15) is 0 Å². The van der Waals surface area contributed by atoms with Gasteiger partial charge in [0, 0.05) is 24.3 Å². The summed E-state index contributed by atoms with van der Waals surface area (Å²) in [5.74, 6) is 0. The van der Waals surface area contributed by atoms with Gasteiger partial charge in [-0.25, -0.2) is 0 Å². The molecule has 0 atom stereocenters. The van der Waals surface area contributed by atoms with Crippen LogP contribution < -0.4 is 0 Å². The van der Waals surface area contributed by atoms with Gasteiger partial charge in [-0.2, -0.15) is 0 Å². The smallest absolute Gasteiger partial charge is 0.0267 e. The van der Waals surface area contributed by atoms with Crippen molar-refractivity contribution in [1.82, 2.24) is 9.97 Å². The predicted octanol–water partition coefficient (Wildman–Crippen LogP) is 3.05. The molecule has 14 heavy (non-hydrogen) atoms. The second kappa shape index (κ2) is 6.89. The van der Waals surface area contributed by atoms with Gasteiger partial charge in [-0.05, 0) is 30.7 Å². The van der Waals surface area contributed by atoms with Crippen LogP contribution in [0, 0.1) is 0 Å². The Morgan fingerprint density at radius 1 is 1.14 bits per heavy atom. The molecular weight excluding hydrogens is 172 g/mol. The van der Waals surface area contributed by atoms with Crippen LogP contribution in [0.1, 0.15) is 19.0 Å². The molecule has 0 aliphatic heterocycles. The fourth-order valence-electron chi connectivity index (χ4n) is 1.10. The second-order valence-electron chi connectivity index (χ2n) is 2.97. The number of hydrogen-bond acceptors (Lipinski definition) is 1. The highest BCUT2D eigenvalue weighted by molar-refractivity contribution is 5.02. The number of aryl methyl sites for hydroxylation is 1. The average molecular weight is 188 g/mol. The maximum atomic E-state index is 3.78. The SMILES string of the molecule is CCCc1ccc[nH]1.c1ccncc1. The van der Waals surface area contributed by atoms with Crippen LogP contribution in [-0.2, 0) is 6.42 Å². The highest BCUT2D eigenvalue weighted by atomic mass is 14.7. The molecule has 0 aliphatic rings. The maximum absolute atomic E-state index is 3.78. The minimum Gasteiger partial charge on any atom is -0.365 e. The Bertz CT molecular complexity index is 274. The predicted molar refractivity (Wildman–Crippen MR) is 59.0 cm³/mol. The van der Waals surface area contributed by atoms with Crippen LogP contribution >= 0.6 is 0 Å². The molecule has 2 aromatic heterocycles. The summed E-state index contributed by atoms with van der Waals surface area (Å²) in [6.07, 6.45) is 7.86. The van der Waals surface area contributed by atoms with Gasteiger partial charge in [0.25, 0.3) is 0 Å². The molecule has 2 heterocycles. The van der Waals surface area contributed by atoms with Gasteiger partial charge in [-0.3, -0.25) is 4.98 Å². The van der Waals surface area contributed by atoms with E-state index in [0.29, 0.717) is 0 Å². The van der Waals surface area contributed by atoms with E-state index in [2.05, 4.69) is 23.0 Å². The summed E-state index contributed by atoms with van der Waals surface area (Å²) in [4.78, 5) is 6.92. The average Bonchev–Trinajstić information content (AvgIpc) is 2.75. The van der Waals surface area contributed by atoms with Crippen molar-refractivity contribution in [1.29, 1.82) is 0 Å². The van der Waals surface area contributed by atoms with E-state index in [1.54, 1.807) is 12.4 Å². The third-order valence-electron chi connectivity index (χ3n) is 1.75. The third kappa shape index (κ3) is 4.45. The first-order valence-electron chi connectivity index (χ1n) is 4.90. The van der Waals surface area contributed by atoms with Crippen molar-refractivity contribution in [2.24, 2.45) is 0 Å². The monoisotopic (exact) mass is 188 g/mol. The Kier molecular flexibility index (Phi) is 5.18. The van der Waals surface area contributed by atoms with Gasteiger partial charge in [0.2, 0.25) is 0 Å². The molecule has 0 spiro atoms. The van der Waals surface area contributed by atoms with E-state index >= 15 is 0 Å². The molecule has 0 bridgehead atoms. The fraction of sp³-hybridized carbons (Fsp3) is 0.250. The normalized spacial score (nSPS) is 8.93. The molecule has 0 saturated heterocycles. The molecule has 2 aromatic rings. The van der Waals surface area contributed by atoms with E-state index in [-0.39, 0.29) is 0 Å². The summed E-state index contributed by atoms with van der Waals surface area (Å²) in [7, 11) is 0. The maximum Gasteiger partial charge on any atom is 0.0267 e. The summed E-state index contributed by atoms with van der Waals surface area (Å²) in [5.41, 5.74) is 1.34. The highest BCUT2D eigenvalue weighted by Gasteiger charge is 1.85. The molecule has 2 heteroatoms. The molecule has 2 nitrogen and oxygen atoms in total. The third-order valence-corrected chi connectivity index (χ3v) is 1.75. The minimum absolute atomic E-state index is 1.17. The van der Waals surface area contributed by atoms with E-state index in [1.165, 1.54) is 18.5 Å². The van der Waals surface area contributed by atoms with Crippen molar-refractivity contribution in [2.45, 2.75) is 19.8 Å². The van der Waals surface area contributed by atoms with Gasteiger partial charge in [0.1, 0.15) is 0 Å². The van der Waals surface area contributed by atoms with E-state index < -0.39 is 0 Å². The molecule has 1 N–H and O–H groups in total. The van der Waals surface area contributed by atoms with Crippen molar-refractivity contribution in [3.05, 3.63) is 54.6 Å². The van der Waals surface area contributed by atoms with Crippen LogP contribution in [0.3, 0.4) is 0 Å². The van der Waals surface area contributed by atoms with Gasteiger partial charge in [0.15, 0.2) is 0 Å².